The average molecular weight is 171 g/mol. The van der Waals surface area contributed by atoms with Gasteiger partial charge in [0, 0.05) is 18.0 Å². The van der Waals surface area contributed by atoms with Gasteiger partial charge < -0.3 is 10.5 Å². The number of hydrogen-bond acceptors (Lipinski definition) is 4. The number of ether oxygens (including phenoxy) is 1. The molecule has 0 fully saturated rings. The molecule has 0 aliphatic rings. The van der Waals surface area contributed by atoms with Crippen molar-refractivity contribution in [3.8, 4) is 0 Å². The maximum atomic E-state index is 10.9. The van der Waals surface area contributed by atoms with Gasteiger partial charge in [-0.15, -0.1) is 0 Å². The van der Waals surface area contributed by atoms with Gasteiger partial charge >= 0.3 is 5.97 Å². The van der Waals surface area contributed by atoms with Crippen molar-refractivity contribution >= 4 is 5.97 Å². The van der Waals surface area contributed by atoms with E-state index in [-0.39, 0.29) is 6.04 Å². The smallest absolute Gasteiger partial charge is 0.334 e. The van der Waals surface area contributed by atoms with E-state index in [9.17, 15) is 4.79 Å². The molecule has 2 unspecified atom stereocenters. The highest BCUT2D eigenvalue weighted by atomic mass is 16.6. The van der Waals surface area contributed by atoms with Gasteiger partial charge in [0.05, 0.1) is 0 Å². The Kier molecular flexibility index (Phi) is 4.54. The van der Waals surface area contributed by atoms with Crippen LogP contribution in [0, 0.1) is 6.92 Å². The molecule has 12 heavy (non-hydrogen) atoms. The molecule has 2 atom stereocenters. The van der Waals surface area contributed by atoms with Crippen molar-refractivity contribution in [2.45, 2.75) is 25.6 Å². The molecule has 0 heterocycles. The lowest BCUT2D eigenvalue weighted by Gasteiger charge is -2.14. The zero-order valence-electron chi connectivity index (χ0n) is 7.25. The SMILES string of the molecule is [CH2]C(N)CC(N)OC(=O)C(=C)C. The third-order valence-corrected chi connectivity index (χ3v) is 1.14. The second-order valence-corrected chi connectivity index (χ2v) is 2.72. The molecule has 0 aromatic rings. The summed E-state index contributed by atoms with van der Waals surface area (Å²) in [5, 5.41) is 0. The fraction of sp³-hybridized carbons (Fsp3) is 0.500. The summed E-state index contributed by atoms with van der Waals surface area (Å²) in [5.41, 5.74) is 11.1. The standard InChI is InChI=1S/C8H15N2O2/c1-5(2)8(11)12-7(10)4-6(3)9/h6-7H,1,3-4,9-10H2,2H3. The van der Waals surface area contributed by atoms with Crippen LogP contribution < -0.4 is 11.5 Å². The maximum absolute atomic E-state index is 10.9. The monoisotopic (exact) mass is 171 g/mol. The van der Waals surface area contributed by atoms with E-state index in [1.165, 1.54) is 0 Å². The Balaban J connectivity index is 3.76. The van der Waals surface area contributed by atoms with Crippen molar-refractivity contribution < 1.29 is 9.53 Å². The van der Waals surface area contributed by atoms with Crippen LogP contribution in [-0.2, 0) is 9.53 Å². The molecule has 0 aromatic carbocycles. The molecule has 0 saturated heterocycles. The van der Waals surface area contributed by atoms with Crippen LogP contribution in [0.1, 0.15) is 13.3 Å². The highest BCUT2D eigenvalue weighted by molar-refractivity contribution is 5.87. The predicted octanol–water partition coefficient (Wildman–Crippen LogP) is -0.0580. The molecule has 4 heteroatoms. The van der Waals surface area contributed by atoms with Crippen molar-refractivity contribution in [3.05, 3.63) is 19.1 Å². The molecule has 0 aliphatic heterocycles. The van der Waals surface area contributed by atoms with Gasteiger partial charge in [-0.25, -0.2) is 4.79 Å². The molecule has 4 nitrogen and oxygen atoms in total. The lowest BCUT2D eigenvalue weighted by molar-refractivity contribution is -0.144. The fourth-order valence-electron chi connectivity index (χ4n) is 0.585. The topological polar surface area (TPSA) is 78.3 Å². The Morgan fingerprint density at radius 2 is 2.08 bits per heavy atom. The van der Waals surface area contributed by atoms with Crippen LogP contribution in [0.4, 0.5) is 0 Å². The number of carbonyl (C=O) groups is 1. The number of esters is 1. The van der Waals surface area contributed by atoms with E-state index in [0.29, 0.717) is 12.0 Å². The molecule has 0 bridgehead atoms. The lowest BCUT2D eigenvalue weighted by atomic mass is 10.2. The molecule has 1 radical (unpaired) electrons. The molecule has 0 aliphatic carbocycles. The molecular weight excluding hydrogens is 156 g/mol. The van der Waals surface area contributed by atoms with Crippen LogP contribution in [0.3, 0.4) is 0 Å². The lowest BCUT2D eigenvalue weighted by Crippen LogP contribution is -2.33. The van der Waals surface area contributed by atoms with Crippen LogP contribution in [0.15, 0.2) is 12.2 Å². The van der Waals surface area contributed by atoms with Crippen molar-refractivity contribution in [2.24, 2.45) is 11.5 Å². The van der Waals surface area contributed by atoms with Crippen LogP contribution in [0.2, 0.25) is 0 Å². The molecule has 0 aromatic heterocycles. The van der Waals surface area contributed by atoms with Gasteiger partial charge in [-0.2, -0.15) is 0 Å². The summed E-state index contributed by atoms with van der Waals surface area (Å²) < 4.78 is 4.74. The summed E-state index contributed by atoms with van der Waals surface area (Å²) >= 11 is 0. The Bertz CT molecular complexity index is 178. The second kappa shape index (κ2) is 4.90. The second-order valence-electron chi connectivity index (χ2n) is 2.72. The first-order valence-electron chi connectivity index (χ1n) is 3.64. The first kappa shape index (κ1) is 11.1. The summed E-state index contributed by atoms with van der Waals surface area (Å²) in [6.07, 6.45) is -0.347. The van der Waals surface area contributed by atoms with Crippen molar-refractivity contribution in [1.29, 1.82) is 0 Å². The van der Waals surface area contributed by atoms with E-state index in [2.05, 4.69) is 13.5 Å². The first-order valence-corrected chi connectivity index (χ1v) is 3.64. The van der Waals surface area contributed by atoms with Crippen molar-refractivity contribution in [3.63, 3.8) is 0 Å². The number of carbonyl (C=O) groups excluding carboxylic acids is 1. The molecule has 0 spiro atoms. The zero-order valence-corrected chi connectivity index (χ0v) is 7.25. The van der Waals surface area contributed by atoms with Gasteiger partial charge in [0.2, 0.25) is 0 Å². The van der Waals surface area contributed by atoms with E-state index < -0.39 is 12.2 Å². The number of nitrogens with two attached hydrogens (primary N) is 2. The van der Waals surface area contributed by atoms with Gasteiger partial charge in [0.1, 0.15) is 0 Å². The van der Waals surface area contributed by atoms with Gasteiger partial charge in [0.15, 0.2) is 6.23 Å². The van der Waals surface area contributed by atoms with E-state index >= 15 is 0 Å². The van der Waals surface area contributed by atoms with E-state index in [1.54, 1.807) is 6.92 Å². The maximum Gasteiger partial charge on any atom is 0.334 e. The summed E-state index contributed by atoms with van der Waals surface area (Å²) in [6.45, 7) is 8.48. The minimum atomic E-state index is -0.693. The van der Waals surface area contributed by atoms with E-state index in [4.69, 9.17) is 16.2 Å². The Hall–Kier alpha value is -0.870. The highest BCUT2D eigenvalue weighted by Crippen LogP contribution is 1.99. The molecular formula is C8H15N2O2. The summed E-state index contributed by atoms with van der Waals surface area (Å²) in [4.78, 5) is 10.9. The summed E-state index contributed by atoms with van der Waals surface area (Å²) in [6, 6.07) is -0.321. The largest absolute Gasteiger partial charge is 0.443 e. The van der Waals surface area contributed by atoms with Gasteiger partial charge in [-0.05, 0) is 13.8 Å². The van der Waals surface area contributed by atoms with Gasteiger partial charge in [-0.3, -0.25) is 5.73 Å². The first-order chi connectivity index (χ1) is 5.43. The van der Waals surface area contributed by atoms with Crippen LogP contribution in [0.25, 0.3) is 0 Å². The number of rotatable bonds is 4. The zero-order chi connectivity index (χ0) is 9.72. The van der Waals surface area contributed by atoms with Crippen molar-refractivity contribution in [2.75, 3.05) is 0 Å². The Morgan fingerprint density at radius 1 is 1.58 bits per heavy atom. The van der Waals surface area contributed by atoms with Crippen molar-refractivity contribution in [1.82, 2.24) is 0 Å². The van der Waals surface area contributed by atoms with Gasteiger partial charge in [0.25, 0.3) is 0 Å². The Labute approximate surface area is 72.6 Å². The van der Waals surface area contributed by atoms with E-state index in [0.717, 1.165) is 0 Å². The quantitative estimate of drug-likeness (QED) is 0.353. The predicted molar refractivity (Wildman–Crippen MR) is 46.8 cm³/mol. The van der Waals surface area contributed by atoms with Crippen LogP contribution >= 0.6 is 0 Å². The van der Waals surface area contributed by atoms with Crippen LogP contribution in [0.5, 0.6) is 0 Å². The highest BCUT2D eigenvalue weighted by Gasteiger charge is 2.11. The summed E-state index contributed by atoms with van der Waals surface area (Å²) in [5.74, 6) is -0.497. The molecule has 69 valence electrons. The minimum Gasteiger partial charge on any atom is -0.443 e. The average Bonchev–Trinajstić information content (AvgIpc) is 1.84. The molecule has 0 rings (SSSR count). The summed E-state index contributed by atoms with van der Waals surface area (Å²) in [7, 11) is 0. The fourth-order valence-corrected chi connectivity index (χ4v) is 0.585. The van der Waals surface area contributed by atoms with E-state index in [1.807, 2.05) is 0 Å². The Morgan fingerprint density at radius 3 is 2.42 bits per heavy atom. The third-order valence-electron chi connectivity index (χ3n) is 1.14. The normalized spacial score (nSPS) is 15.0. The molecule has 0 saturated carbocycles. The van der Waals surface area contributed by atoms with Gasteiger partial charge in [-0.1, -0.05) is 6.58 Å². The minimum absolute atomic E-state index is 0.321. The number of hydrogen-bond donors (Lipinski definition) is 2. The molecule has 4 N–H and O–H groups in total. The van der Waals surface area contributed by atoms with Crippen LogP contribution in [-0.4, -0.2) is 18.2 Å². The molecule has 0 amide bonds. The third kappa shape index (κ3) is 4.87.